The van der Waals surface area contributed by atoms with Gasteiger partial charge in [-0.05, 0) is 31.9 Å². The zero-order valence-electron chi connectivity index (χ0n) is 9.91. The molecule has 98 valence electrons. The third-order valence-electron chi connectivity index (χ3n) is 2.98. The number of sulfonamides is 1. The van der Waals surface area contributed by atoms with Crippen molar-refractivity contribution >= 4 is 16.0 Å². The molecular weight excluding hydrogens is 256 g/mol. The molecule has 0 aromatic carbocycles. The fourth-order valence-corrected chi connectivity index (χ4v) is 3.61. The van der Waals surface area contributed by atoms with E-state index in [4.69, 9.17) is 5.11 Å². The summed E-state index contributed by atoms with van der Waals surface area (Å²) >= 11 is 0. The molecule has 2 heterocycles. The number of hydrogen-bond acceptors (Lipinski definition) is 4. The second-order valence-electron chi connectivity index (χ2n) is 4.25. The summed E-state index contributed by atoms with van der Waals surface area (Å²) in [5.74, 6) is -1.10. The Morgan fingerprint density at radius 3 is 2.78 bits per heavy atom. The maximum atomic E-state index is 12.3. The molecule has 7 heteroatoms. The van der Waals surface area contributed by atoms with Gasteiger partial charge in [-0.25, -0.2) is 8.42 Å². The van der Waals surface area contributed by atoms with Crippen LogP contribution in [-0.4, -0.2) is 41.4 Å². The van der Waals surface area contributed by atoms with Crippen LogP contribution in [0.2, 0.25) is 0 Å². The van der Waals surface area contributed by atoms with Crippen molar-refractivity contribution in [1.82, 2.24) is 9.29 Å². The third kappa shape index (κ3) is 2.23. The number of carboxylic acids is 1. The van der Waals surface area contributed by atoms with Crippen molar-refractivity contribution in [3.63, 3.8) is 0 Å². The predicted octanol–water partition coefficient (Wildman–Crippen LogP) is 0.628. The van der Waals surface area contributed by atoms with Crippen LogP contribution in [0.5, 0.6) is 0 Å². The zero-order valence-corrected chi connectivity index (χ0v) is 10.7. The van der Waals surface area contributed by atoms with Gasteiger partial charge in [0, 0.05) is 18.4 Å². The van der Waals surface area contributed by atoms with Gasteiger partial charge in [-0.1, -0.05) is 0 Å². The van der Waals surface area contributed by atoms with Crippen LogP contribution in [0, 0.1) is 6.92 Å². The van der Waals surface area contributed by atoms with Gasteiger partial charge in [-0.2, -0.15) is 4.31 Å². The molecular formula is C11H14N2O4S. The van der Waals surface area contributed by atoms with Gasteiger partial charge in [0.1, 0.15) is 10.9 Å². The van der Waals surface area contributed by atoms with E-state index in [1.165, 1.54) is 12.3 Å². The van der Waals surface area contributed by atoms with E-state index >= 15 is 0 Å². The topological polar surface area (TPSA) is 87.6 Å². The molecule has 1 N–H and O–H groups in total. The summed E-state index contributed by atoms with van der Waals surface area (Å²) in [6.07, 6.45) is 2.19. The first-order valence-electron chi connectivity index (χ1n) is 5.60. The van der Waals surface area contributed by atoms with Gasteiger partial charge in [0.05, 0.1) is 0 Å². The number of pyridine rings is 1. The lowest BCUT2D eigenvalue weighted by Crippen LogP contribution is -2.40. The fourth-order valence-electron chi connectivity index (χ4n) is 2.02. The van der Waals surface area contributed by atoms with Gasteiger partial charge < -0.3 is 5.11 Å². The van der Waals surface area contributed by atoms with Crippen molar-refractivity contribution in [2.24, 2.45) is 0 Å². The molecule has 1 aliphatic heterocycles. The molecule has 1 unspecified atom stereocenters. The highest BCUT2D eigenvalue weighted by Crippen LogP contribution is 2.25. The summed E-state index contributed by atoms with van der Waals surface area (Å²) in [6, 6.07) is 2.09. The summed E-state index contributed by atoms with van der Waals surface area (Å²) in [5, 5.41) is 9.02. The first-order valence-corrected chi connectivity index (χ1v) is 7.04. The predicted molar refractivity (Wildman–Crippen MR) is 63.5 cm³/mol. The lowest BCUT2D eigenvalue weighted by Gasteiger charge is -2.20. The van der Waals surface area contributed by atoms with E-state index < -0.39 is 22.0 Å². The molecule has 2 rings (SSSR count). The minimum absolute atomic E-state index is 0.0428. The first kappa shape index (κ1) is 13.0. The molecule has 0 spiro atoms. The largest absolute Gasteiger partial charge is 0.480 e. The molecule has 1 aliphatic rings. The van der Waals surface area contributed by atoms with Gasteiger partial charge in [-0.3, -0.25) is 9.78 Å². The van der Waals surface area contributed by atoms with E-state index in [1.807, 2.05) is 0 Å². The summed E-state index contributed by atoms with van der Waals surface area (Å²) in [4.78, 5) is 15.0. The highest BCUT2D eigenvalue weighted by atomic mass is 32.2. The third-order valence-corrected chi connectivity index (χ3v) is 4.87. The molecule has 6 nitrogen and oxygen atoms in total. The summed E-state index contributed by atoms with van der Waals surface area (Å²) < 4.78 is 25.6. The number of aliphatic carboxylic acids is 1. The van der Waals surface area contributed by atoms with Crippen molar-refractivity contribution in [2.75, 3.05) is 6.54 Å². The highest BCUT2D eigenvalue weighted by Gasteiger charge is 2.39. The Kier molecular flexibility index (Phi) is 3.36. The van der Waals surface area contributed by atoms with Crippen molar-refractivity contribution < 1.29 is 18.3 Å². The molecule has 0 amide bonds. The van der Waals surface area contributed by atoms with Crippen molar-refractivity contribution in [1.29, 1.82) is 0 Å². The maximum Gasteiger partial charge on any atom is 0.322 e. The molecule has 1 fully saturated rings. The van der Waals surface area contributed by atoms with Gasteiger partial charge in [0.2, 0.25) is 10.0 Å². The quantitative estimate of drug-likeness (QED) is 0.870. The lowest BCUT2D eigenvalue weighted by atomic mass is 10.2. The van der Waals surface area contributed by atoms with Crippen LogP contribution in [0.25, 0.3) is 0 Å². The Bertz CT molecular complexity index is 553. The molecule has 1 saturated heterocycles. The Morgan fingerprint density at radius 2 is 2.22 bits per heavy atom. The number of aromatic nitrogens is 1. The molecule has 0 saturated carbocycles. The Labute approximate surface area is 105 Å². The highest BCUT2D eigenvalue weighted by molar-refractivity contribution is 7.89. The van der Waals surface area contributed by atoms with Crippen molar-refractivity contribution in [2.45, 2.75) is 30.7 Å². The number of carbonyl (C=O) groups is 1. The van der Waals surface area contributed by atoms with Crippen LogP contribution in [0.4, 0.5) is 0 Å². The summed E-state index contributed by atoms with van der Waals surface area (Å²) in [7, 11) is -3.76. The summed E-state index contributed by atoms with van der Waals surface area (Å²) in [6.45, 7) is 2.00. The van der Waals surface area contributed by atoms with Crippen molar-refractivity contribution in [3.05, 3.63) is 24.0 Å². The standard InChI is InChI=1S/C11H14N2O4S/c1-8-4-5-9(7-12-8)18(16,17)13-6-2-3-10(13)11(14)15/h4-5,7,10H,2-3,6H2,1H3,(H,14,15). The molecule has 0 aliphatic carbocycles. The minimum atomic E-state index is -3.76. The smallest absolute Gasteiger partial charge is 0.322 e. The fraction of sp³-hybridized carbons (Fsp3) is 0.455. The van der Waals surface area contributed by atoms with Crippen molar-refractivity contribution in [3.8, 4) is 0 Å². The van der Waals surface area contributed by atoms with Gasteiger partial charge in [-0.15, -0.1) is 0 Å². The van der Waals surface area contributed by atoms with E-state index in [-0.39, 0.29) is 11.4 Å². The molecule has 0 radical (unpaired) electrons. The van der Waals surface area contributed by atoms with Crippen LogP contribution in [0.3, 0.4) is 0 Å². The van der Waals surface area contributed by atoms with Crippen LogP contribution >= 0.6 is 0 Å². The van der Waals surface area contributed by atoms with Crippen LogP contribution < -0.4 is 0 Å². The number of rotatable bonds is 3. The van der Waals surface area contributed by atoms with Crippen LogP contribution in [0.1, 0.15) is 18.5 Å². The molecule has 0 bridgehead atoms. The maximum absolute atomic E-state index is 12.3. The van der Waals surface area contributed by atoms with Crippen LogP contribution in [0.15, 0.2) is 23.2 Å². The normalized spacial score (nSPS) is 21.1. The summed E-state index contributed by atoms with van der Waals surface area (Å²) in [5.41, 5.74) is 0.713. The van der Waals surface area contributed by atoms with Crippen LogP contribution in [-0.2, 0) is 14.8 Å². The Balaban J connectivity index is 2.36. The molecule has 18 heavy (non-hydrogen) atoms. The second kappa shape index (κ2) is 4.66. The number of aryl methyl sites for hydroxylation is 1. The van der Waals surface area contributed by atoms with E-state index in [2.05, 4.69) is 4.98 Å². The van der Waals surface area contributed by atoms with Gasteiger partial charge >= 0.3 is 5.97 Å². The molecule has 1 aromatic heterocycles. The van der Waals surface area contributed by atoms with Gasteiger partial charge in [0.15, 0.2) is 0 Å². The Morgan fingerprint density at radius 1 is 1.50 bits per heavy atom. The second-order valence-corrected chi connectivity index (χ2v) is 6.14. The molecule has 1 atom stereocenters. The monoisotopic (exact) mass is 270 g/mol. The van der Waals surface area contributed by atoms with E-state index in [0.29, 0.717) is 18.5 Å². The zero-order chi connectivity index (χ0) is 13.3. The van der Waals surface area contributed by atoms with E-state index in [9.17, 15) is 13.2 Å². The first-order chi connectivity index (χ1) is 8.43. The van der Waals surface area contributed by atoms with Gasteiger partial charge in [0.25, 0.3) is 0 Å². The van der Waals surface area contributed by atoms with E-state index in [1.54, 1.807) is 13.0 Å². The average Bonchev–Trinajstić information content (AvgIpc) is 2.79. The number of carboxylic acid groups (broad SMARTS) is 1. The average molecular weight is 270 g/mol. The SMILES string of the molecule is Cc1ccc(S(=O)(=O)N2CCCC2C(=O)O)cn1. The minimum Gasteiger partial charge on any atom is -0.480 e. The number of nitrogens with zero attached hydrogens (tertiary/aromatic N) is 2. The lowest BCUT2D eigenvalue weighted by molar-refractivity contribution is -0.140. The molecule has 1 aromatic rings. The van der Waals surface area contributed by atoms with E-state index in [0.717, 1.165) is 4.31 Å². The Hall–Kier alpha value is -1.47. The number of hydrogen-bond donors (Lipinski definition) is 1.